The van der Waals surface area contributed by atoms with E-state index in [1.807, 2.05) is 41.1 Å². The van der Waals surface area contributed by atoms with Gasteiger partial charge in [-0.15, -0.1) is 0 Å². The molecule has 4 aromatic rings. The minimum Gasteiger partial charge on any atom is -0.325 e. The lowest BCUT2D eigenvalue weighted by molar-refractivity contribution is 0.804. The number of nitrogens with two attached hydrogens (primary N) is 1. The molecule has 3 aromatic carbocycles. The normalized spacial score (nSPS) is 10.3. The number of rotatable bonds is 3. The summed E-state index contributed by atoms with van der Waals surface area (Å²) in [7, 11) is 0. The fourth-order valence-corrected chi connectivity index (χ4v) is 2.89. The van der Waals surface area contributed by atoms with Crippen molar-refractivity contribution in [2.24, 2.45) is 5.73 Å². The molecular formula is C22H23N3. The van der Waals surface area contributed by atoms with E-state index in [9.17, 15) is 0 Å². The maximum absolute atomic E-state index is 5.57. The Kier molecular flexibility index (Phi) is 5.60. The minimum atomic E-state index is 0.509. The summed E-state index contributed by atoms with van der Waals surface area (Å²) in [6.07, 6.45) is 2.87. The molecule has 0 atom stereocenters. The Labute approximate surface area is 148 Å². The van der Waals surface area contributed by atoms with E-state index in [4.69, 9.17) is 5.73 Å². The maximum atomic E-state index is 5.57. The molecule has 1 aromatic heterocycles. The van der Waals surface area contributed by atoms with Crippen LogP contribution in [0, 0.1) is 0 Å². The summed E-state index contributed by atoms with van der Waals surface area (Å²) in [6.45, 7) is 2.71. The Morgan fingerprint density at radius 3 is 2.32 bits per heavy atom. The fraction of sp³-hybridized carbons (Fsp3) is 0.136. The second-order valence-corrected chi connectivity index (χ2v) is 5.77. The molecule has 0 aliphatic heterocycles. The summed E-state index contributed by atoms with van der Waals surface area (Å²) < 4.78 is 1.85. The van der Waals surface area contributed by atoms with Gasteiger partial charge in [0.25, 0.3) is 0 Å². The quantitative estimate of drug-likeness (QED) is 0.590. The highest BCUT2D eigenvalue weighted by molar-refractivity contribution is 5.85. The predicted octanol–water partition coefficient (Wildman–Crippen LogP) is 4.73. The number of para-hydroxylation sites is 1. The first-order valence-corrected chi connectivity index (χ1v) is 8.58. The molecule has 25 heavy (non-hydrogen) atoms. The van der Waals surface area contributed by atoms with Gasteiger partial charge in [-0.1, -0.05) is 67.6 Å². The van der Waals surface area contributed by atoms with Gasteiger partial charge in [0.15, 0.2) is 0 Å². The van der Waals surface area contributed by atoms with Crippen LogP contribution in [0.5, 0.6) is 0 Å². The number of hydrogen-bond acceptors (Lipinski definition) is 2. The third kappa shape index (κ3) is 3.95. The van der Waals surface area contributed by atoms with Crippen molar-refractivity contribution in [3.63, 3.8) is 0 Å². The number of benzene rings is 3. The molecule has 0 saturated heterocycles. The molecule has 0 aliphatic rings. The molecule has 0 saturated carbocycles. The number of hydrogen-bond donors (Lipinski definition) is 1. The van der Waals surface area contributed by atoms with Crippen LogP contribution in [0.1, 0.15) is 18.2 Å². The molecule has 0 radical (unpaired) electrons. The van der Waals surface area contributed by atoms with Crippen LogP contribution in [0.3, 0.4) is 0 Å². The zero-order chi connectivity index (χ0) is 17.5. The van der Waals surface area contributed by atoms with Gasteiger partial charge in [0, 0.05) is 12.7 Å². The van der Waals surface area contributed by atoms with Crippen LogP contribution in [0.2, 0.25) is 0 Å². The van der Waals surface area contributed by atoms with Gasteiger partial charge >= 0.3 is 0 Å². The third-order valence-corrected chi connectivity index (χ3v) is 4.19. The topological polar surface area (TPSA) is 43.8 Å². The van der Waals surface area contributed by atoms with E-state index in [1.165, 1.54) is 16.3 Å². The van der Waals surface area contributed by atoms with E-state index in [-0.39, 0.29) is 0 Å². The summed E-state index contributed by atoms with van der Waals surface area (Å²) in [5.41, 5.74) is 9.08. The standard InChI is InChI=1S/C12H12.C10H11N3/c1-2-10-7-5-8-11-6-3-4-9-12(10)11;11-8-10-6-7-12-13(10)9-4-2-1-3-5-9/h3-9H,2H2,1H3;1-7H,8,11H2. The van der Waals surface area contributed by atoms with Crippen molar-refractivity contribution in [1.82, 2.24) is 9.78 Å². The monoisotopic (exact) mass is 329 g/mol. The van der Waals surface area contributed by atoms with Gasteiger partial charge in [-0.05, 0) is 41.0 Å². The molecular weight excluding hydrogens is 306 g/mol. The molecule has 126 valence electrons. The van der Waals surface area contributed by atoms with Crippen molar-refractivity contribution >= 4 is 10.8 Å². The lowest BCUT2D eigenvalue weighted by Gasteiger charge is -2.04. The highest BCUT2D eigenvalue weighted by Crippen LogP contribution is 2.18. The smallest absolute Gasteiger partial charge is 0.0649 e. The molecule has 0 unspecified atom stereocenters. The zero-order valence-electron chi connectivity index (χ0n) is 14.5. The van der Waals surface area contributed by atoms with Gasteiger partial charge in [-0.2, -0.15) is 5.10 Å². The van der Waals surface area contributed by atoms with Gasteiger partial charge in [0.05, 0.1) is 11.4 Å². The average Bonchev–Trinajstić information content (AvgIpc) is 3.17. The Balaban J connectivity index is 0.000000146. The molecule has 0 bridgehead atoms. The average molecular weight is 329 g/mol. The molecule has 0 fully saturated rings. The van der Waals surface area contributed by atoms with Gasteiger partial charge in [-0.25, -0.2) is 4.68 Å². The van der Waals surface area contributed by atoms with Crippen LogP contribution in [0.25, 0.3) is 16.5 Å². The summed E-state index contributed by atoms with van der Waals surface area (Å²) in [5, 5.41) is 6.93. The first-order valence-electron chi connectivity index (χ1n) is 8.58. The van der Waals surface area contributed by atoms with E-state index in [2.05, 4.69) is 54.5 Å². The molecule has 4 rings (SSSR count). The number of aryl methyl sites for hydroxylation is 1. The molecule has 0 spiro atoms. The summed E-state index contributed by atoms with van der Waals surface area (Å²) >= 11 is 0. The van der Waals surface area contributed by atoms with Gasteiger partial charge < -0.3 is 5.73 Å². The van der Waals surface area contributed by atoms with E-state index >= 15 is 0 Å². The largest absolute Gasteiger partial charge is 0.325 e. The van der Waals surface area contributed by atoms with E-state index in [1.54, 1.807) is 6.20 Å². The fourth-order valence-electron chi connectivity index (χ4n) is 2.89. The maximum Gasteiger partial charge on any atom is 0.0649 e. The van der Waals surface area contributed by atoms with Crippen molar-refractivity contribution in [3.8, 4) is 5.69 Å². The van der Waals surface area contributed by atoms with Crippen LogP contribution in [-0.4, -0.2) is 9.78 Å². The molecule has 3 heteroatoms. The Bertz CT molecular complexity index is 921. The Hall–Kier alpha value is -2.91. The lowest BCUT2D eigenvalue weighted by Crippen LogP contribution is -2.06. The van der Waals surface area contributed by atoms with Crippen LogP contribution in [0.4, 0.5) is 0 Å². The van der Waals surface area contributed by atoms with Crippen molar-refractivity contribution in [2.75, 3.05) is 0 Å². The second kappa shape index (κ2) is 8.27. The summed E-state index contributed by atoms with van der Waals surface area (Å²) in [5.74, 6) is 0. The second-order valence-electron chi connectivity index (χ2n) is 5.77. The van der Waals surface area contributed by atoms with Crippen LogP contribution < -0.4 is 5.73 Å². The number of nitrogens with zero attached hydrogens (tertiary/aromatic N) is 2. The molecule has 0 aliphatic carbocycles. The van der Waals surface area contributed by atoms with Crippen molar-refractivity contribution in [3.05, 3.63) is 96.3 Å². The van der Waals surface area contributed by atoms with Crippen molar-refractivity contribution in [2.45, 2.75) is 19.9 Å². The zero-order valence-corrected chi connectivity index (χ0v) is 14.5. The molecule has 2 N–H and O–H groups in total. The summed E-state index contributed by atoms with van der Waals surface area (Å²) in [4.78, 5) is 0. The highest BCUT2D eigenvalue weighted by atomic mass is 15.3. The Morgan fingerprint density at radius 2 is 1.56 bits per heavy atom. The Morgan fingerprint density at radius 1 is 0.840 bits per heavy atom. The van der Waals surface area contributed by atoms with Crippen LogP contribution >= 0.6 is 0 Å². The number of fused-ring (bicyclic) bond motifs is 1. The molecule has 3 nitrogen and oxygen atoms in total. The SMILES string of the molecule is CCc1cccc2ccccc12.NCc1ccnn1-c1ccccc1. The molecule has 0 amide bonds. The van der Waals surface area contributed by atoms with Crippen LogP contribution in [0.15, 0.2) is 85.1 Å². The predicted molar refractivity (Wildman–Crippen MR) is 105 cm³/mol. The first-order chi connectivity index (χ1) is 12.3. The van der Waals surface area contributed by atoms with Gasteiger partial charge in [0.1, 0.15) is 0 Å². The number of aromatic nitrogens is 2. The van der Waals surface area contributed by atoms with E-state index in [0.717, 1.165) is 17.8 Å². The van der Waals surface area contributed by atoms with Crippen LogP contribution in [-0.2, 0) is 13.0 Å². The minimum absolute atomic E-state index is 0.509. The van der Waals surface area contributed by atoms with Crippen molar-refractivity contribution < 1.29 is 0 Å². The van der Waals surface area contributed by atoms with Crippen molar-refractivity contribution in [1.29, 1.82) is 0 Å². The van der Waals surface area contributed by atoms with E-state index in [0.29, 0.717) is 6.54 Å². The third-order valence-electron chi connectivity index (χ3n) is 4.19. The summed E-state index contributed by atoms with van der Waals surface area (Å²) in [6, 6.07) is 26.9. The lowest BCUT2D eigenvalue weighted by atomic mass is 10.0. The first kappa shape index (κ1) is 16.9. The van der Waals surface area contributed by atoms with E-state index < -0.39 is 0 Å². The van der Waals surface area contributed by atoms with Gasteiger partial charge in [-0.3, -0.25) is 0 Å². The molecule has 1 heterocycles. The highest BCUT2D eigenvalue weighted by Gasteiger charge is 2.00. The van der Waals surface area contributed by atoms with Gasteiger partial charge in [0.2, 0.25) is 0 Å².